The lowest BCUT2D eigenvalue weighted by molar-refractivity contribution is -0.148. The SMILES string of the molecule is COC(=O)[C@@H]1CC[C@@H](N=C(NC(=O)OCc2ccccc2)NC(=O)OCc2ccccc2)CN1C(=O)OC(C)(C)C. The van der Waals surface area contributed by atoms with E-state index in [1.54, 1.807) is 45.0 Å². The summed E-state index contributed by atoms with van der Waals surface area (Å²) >= 11 is 0. The lowest BCUT2D eigenvalue weighted by Crippen LogP contribution is -2.54. The van der Waals surface area contributed by atoms with Crippen molar-refractivity contribution in [3.05, 3.63) is 71.8 Å². The molecule has 2 N–H and O–H groups in total. The molecule has 2 aromatic rings. The number of hydrogen-bond acceptors (Lipinski definition) is 9. The van der Waals surface area contributed by atoms with E-state index in [1.165, 1.54) is 12.0 Å². The number of alkyl carbamates (subject to hydrolysis) is 2. The van der Waals surface area contributed by atoms with E-state index in [0.29, 0.717) is 6.42 Å². The van der Waals surface area contributed by atoms with Crippen LogP contribution in [0.25, 0.3) is 0 Å². The number of benzene rings is 2. The number of hydrogen-bond donors (Lipinski definition) is 2. The van der Waals surface area contributed by atoms with Crippen LogP contribution in [0, 0.1) is 0 Å². The smallest absolute Gasteiger partial charge is 0.414 e. The van der Waals surface area contributed by atoms with Crippen molar-refractivity contribution < 1.29 is 38.1 Å². The van der Waals surface area contributed by atoms with E-state index in [2.05, 4.69) is 15.6 Å². The van der Waals surface area contributed by atoms with Gasteiger partial charge >= 0.3 is 24.2 Å². The predicted molar refractivity (Wildman–Crippen MR) is 149 cm³/mol. The number of rotatable bonds is 6. The number of methoxy groups -OCH3 is 1. The maximum atomic E-state index is 12.9. The summed E-state index contributed by atoms with van der Waals surface area (Å²) in [6, 6.07) is 16.7. The molecule has 12 nitrogen and oxygen atoms in total. The lowest BCUT2D eigenvalue weighted by Gasteiger charge is -2.37. The van der Waals surface area contributed by atoms with Crippen molar-refractivity contribution in [2.45, 2.75) is 64.5 Å². The summed E-state index contributed by atoms with van der Waals surface area (Å²) in [6.07, 6.45) is -1.85. The standard InChI is InChI=1S/C29H36N4O8/c1-29(2,3)41-28(37)33-17-22(15-16-23(33)24(34)38-4)30-25(31-26(35)39-18-20-11-7-5-8-12-20)32-27(36)40-19-21-13-9-6-10-14-21/h5-14,22-23H,15-19H2,1-4H3,(H2,30,31,32,35,36)/t22-,23+/m1/s1. The monoisotopic (exact) mass is 568 g/mol. The van der Waals surface area contributed by atoms with Crippen LogP contribution >= 0.6 is 0 Å². The van der Waals surface area contributed by atoms with Gasteiger partial charge < -0.3 is 18.9 Å². The number of carbonyl (C=O) groups excluding carboxylic acids is 4. The highest BCUT2D eigenvalue weighted by Gasteiger charge is 2.39. The Morgan fingerprint density at radius 3 is 1.83 bits per heavy atom. The summed E-state index contributed by atoms with van der Waals surface area (Å²) in [4.78, 5) is 56.2. The van der Waals surface area contributed by atoms with E-state index in [-0.39, 0.29) is 32.1 Å². The first-order chi connectivity index (χ1) is 19.5. The Morgan fingerprint density at radius 2 is 1.37 bits per heavy atom. The van der Waals surface area contributed by atoms with Gasteiger partial charge in [0.15, 0.2) is 0 Å². The Kier molecular flexibility index (Phi) is 11.1. The fourth-order valence-electron chi connectivity index (χ4n) is 3.95. The highest BCUT2D eigenvalue weighted by atomic mass is 16.6. The molecule has 1 aliphatic rings. The number of carbonyl (C=O) groups is 4. The summed E-state index contributed by atoms with van der Waals surface area (Å²) in [5.74, 6) is -0.810. The van der Waals surface area contributed by atoms with Gasteiger partial charge in [-0.1, -0.05) is 60.7 Å². The molecule has 1 aliphatic heterocycles. The number of nitrogens with zero attached hydrogens (tertiary/aromatic N) is 2. The molecule has 41 heavy (non-hydrogen) atoms. The quantitative estimate of drug-likeness (QED) is 0.229. The van der Waals surface area contributed by atoms with Gasteiger partial charge in [-0.3, -0.25) is 15.5 Å². The van der Waals surface area contributed by atoms with Gasteiger partial charge in [-0.25, -0.2) is 24.2 Å². The van der Waals surface area contributed by atoms with Crippen LogP contribution in [0.5, 0.6) is 0 Å². The summed E-state index contributed by atoms with van der Waals surface area (Å²) in [7, 11) is 1.24. The van der Waals surface area contributed by atoms with Gasteiger partial charge in [-0.15, -0.1) is 0 Å². The summed E-state index contributed by atoms with van der Waals surface area (Å²) in [5, 5.41) is 4.88. The van der Waals surface area contributed by atoms with Crippen molar-refractivity contribution in [3.63, 3.8) is 0 Å². The predicted octanol–water partition coefficient (Wildman–Crippen LogP) is 4.14. The molecule has 0 radical (unpaired) electrons. The third-order valence-corrected chi connectivity index (χ3v) is 5.84. The number of guanidine groups is 1. The van der Waals surface area contributed by atoms with Crippen molar-refractivity contribution in [2.75, 3.05) is 13.7 Å². The van der Waals surface area contributed by atoms with Crippen LogP contribution in [0.2, 0.25) is 0 Å². The normalized spacial score (nSPS) is 16.5. The van der Waals surface area contributed by atoms with Crippen LogP contribution in [-0.2, 0) is 37.0 Å². The molecule has 0 saturated carbocycles. The molecule has 2 aromatic carbocycles. The molecular weight excluding hydrogens is 532 g/mol. The van der Waals surface area contributed by atoms with Gasteiger partial charge in [-0.2, -0.15) is 0 Å². The minimum atomic E-state index is -0.864. The van der Waals surface area contributed by atoms with Crippen molar-refractivity contribution in [1.29, 1.82) is 0 Å². The fourth-order valence-corrected chi connectivity index (χ4v) is 3.95. The van der Waals surface area contributed by atoms with E-state index in [9.17, 15) is 19.2 Å². The van der Waals surface area contributed by atoms with Gasteiger partial charge in [-0.05, 0) is 44.7 Å². The molecule has 1 saturated heterocycles. The van der Waals surface area contributed by atoms with Crippen LogP contribution in [0.1, 0.15) is 44.7 Å². The van der Waals surface area contributed by atoms with Crippen LogP contribution in [-0.4, -0.2) is 66.4 Å². The van der Waals surface area contributed by atoms with Crippen LogP contribution < -0.4 is 10.6 Å². The number of likely N-dealkylation sites (tertiary alicyclic amines) is 1. The zero-order chi connectivity index (χ0) is 29.8. The van der Waals surface area contributed by atoms with Crippen molar-refractivity contribution in [2.24, 2.45) is 4.99 Å². The second-order valence-corrected chi connectivity index (χ2v) is 10.3. The number of ether oxygens (including phenoxy) is 4. The third kappa shape index (κ3) is 10.5. The zero-order valence-electron chi connectivity index (χ0n) is 23.6. The highest BCUT2D eigenvalue weighted by molar-refractivity contribution is 6.01. The Labute approximate surface area is 239 Å². The number of nitrogens with one attached hydrogen (secondary N) is 2. The number of piperidine rings is 1. The molecule has 1 fully saturated rings. The molecule has 0 bridgehead atoms. The second-order valence-electron chi connectivity index (χ2n) is 10.3. The Morgan fingerprint density at radius 1 is 0.854 bits per heavy atom. The number of esters is 1. The number of amides is 3. The maximum absolute atomic E-state index is 12.9. The molecule has 0 aromatic heterocycles. The van der Waals surface area contributed by atoms with Crippen molar-refractivity contribution >= 4 is 30.2 Å². The van der Waals surface area contributed by atoms with Crippen molar-refractivity contribution in [1.82, 2.24) is 15.5 Å². The lowest BCUT2D eigenvalue weighted by atomic mass is 9.99. The molecule has 220 valence electrons. The minimum absolute atomic E-state index is 0.00489. The first-order valence-corrected chi connectivity index (χ1v) is 13.1. The van der Waals surface area contributed by atoms with Gasteiger partial charge in [0.2, 0.25) is 5.96 Å². The van der Waals surface area contributed by atoms with E-state index in [0.717, 1.165) is 11.1 Å². The van der Waals surface area contributed by atoms with E-state index < -0.39 is 41.9 Å². The molecular formula is C29H36N4O8. The summed E-state index contributed by atoms with van der Waals surface area (Å²) in [6.45, 7) is 5.10. The van der Waals surface area contributed by atoms with Crippen LogP contribution in [0.15, 0.2) is 65.7 Å². The topological polar surface area (TPSA) is 145 Å². The van der Waals surface area contributed by atoms with Gasteiger partial charge in [0, 0.05) is 6.54 Å². The Bertz CT molecular complexity index is 1150. The first-order valence-electron chi connectivity index (χ1n) is 13.1. The summed E-state index contributed by atoms with van der Waals surface area (Å²) < 4.78 is 20.9. The molecule has 1 heterocycles. The molecule has 0 aliphatic carbocycles. The largest absolute Gasteiger partial charge is 0.467 e. The van der Waals surface area contributed by atoms with Gasteiger partial charge in [0.05, 0.1) is 13.2 Å². The van der Waals surface area contributed by atoms with Gasteiger partial charge in [0.1, 0.15) is 24.9 Å². The van der Waals surface area contributed by atoms with E-state index >= 15 is 0 Å². The average molecular weight is 569 g/mol. The summed E-state index contributed by atoms with van der Waals surface area (Å²) in [5.41, 5.74) is 0.740. The minimum Gasteiger partial charge on any atom is -0.467 e. The molecule has 2 atom stereocenters. The molecule has 0 unspecified atom stereocenters. The van der Waals surface area contributed by atoms with Crippen LogP contribution in [0.3, 0.4) is 0 Å². The molecule has 12 heteroatoms. The fraction of sp³-hybridized carbons (Fsp3) is 0.414. The molecule has 3 amide bonds. The third-order valence-electron chi connectivity index (χ3n) is 5.84. The zero-order valence-corrected chi connectivity index (χ0v) is 23.6. The second kappa shape index (κ2) is 14.7. The Balaban J connectivity index is 1.74. The number of aliphatic imine (C=N–C) groups is 1. The van der Waals surface area contributed by atoms with E-state index in [4.69, 9.17) is 18.9 Å². The van der Waals surface area contributed by atoms with Gasteiger partial charge in [0.25, 0.3) is 0 Å². The highest BCUT2D eigenvalue weighted by Crippen LogP contribution is 2.23. The van der Waals surface area contributed by atoms with Crippen molar-refractivity contribution in [3.8, 4) is 0 Å². The molecule has 3 rings (SSSR count). The Hall–Kier alpha value is -4.61. The maximum Gasteiger partial charge on any atom is 0.414 e. The first kappa shape index (κ1) is 30.9. The van der Waals surface area contributed by atoms with Crippen LogP contribution in [0.4, 0.5) is 14.4 Å². The average Bonchev–Trinajstić information content (AvgIpc) is 2.94. The molecule has 0 spiro atoms. The van der Waals surface area contributed by atoms with E-state index in [1.807, 2.05) is 36.4 Å².